The van der Waals surface area contributed by atoms with E-state index in [2.05, 4.69) is 5.32 Å². The van der Waals surface area contributed by atoms with Gasteiger partial charge in [0.2, 0.25) is 5.91 Å². The van der Waals surface area contributed by atoms with Crippen molar-refractivity contribution < 1.29 is 19.1 Å². The summed E-state index contributed by atoms with van der Waals surface area (Å²) in [6.07, 6.45) is 4.37. The number of allylic oxidation sites excluding steroid dienone is 2. The van der Waals surface area contributed by atoms with Crippen molar-refractivity contribution in [3.05, 3.63) is 41.7 Å². The Labute approximate surface area is 116 Å². The van der Waals surface area contributed by atoms with Gasteiger partial charge in [0.1, 0.15) is 5.82 Å². The molecule has 1 amide bonds. The summed E-state index contributed by atoms with van der Waals surface area (Å²) in [6, 6.07) is 4.07. The summed E-state index contributed by atoms with van der Waals surface area (Å²) < 4.78 is 13.0. The van der Waals surface area contributed by atoms with E-state index >= 15 is 0 Å². The smallest absolute Gasteiger partial charge is 0.307 e. The van der Waals surface area contributed by atoms with Gasteiger partial charge in [0.15, 0.2) is 0 Å². The van der Waals surface area contributed by atoms with E-state index in [9.17, 15) is 14.0 Å². The fraction of sp³-hybridized carbons (Fsp3) is 0.333. The molecule has 0 aromatic heterocycles. The zero-order chi connectivity index (χ0) is 14.7. The Bertz CT molecular complexity index is 568. The van der Waals surface area contributed by atoms with Gasteiger partial charge in [0.05, 0.1) is 11.8 Å². The molecule has 2 N–H and O–H groups in total. The average molecular weight is 277 g/mol. The van der Waals surface area contributed by atoms with Gasteiger partial charge in [-0.3, -0.25) is 9.59 Å². The van der Waals surface area contributed by atoms with Gasteiger partial charge in [-0.15, -0.1) is 0 Å². The van der Waals surface area contributed by atoms with E-state index in [4.69, 9.17) is 5.11 Å². The Balaban J connectivity index is 2.14. The number of carbonyl (C=O) groups excluding carboxylic acids is 1. The molecule has 0 unspecified atom stereocenters. The molecule has 0 spiro atoms. The molecule has 1 aromatic carbocycles. The lowest BCUT2D eigenvalue weighted by molar-refractivity contribution is -0.146. The quantitative estimate of drug-likeness (QED) is 0.835. The minimum Gasteiger partial charge on any atom is -0.481 e. The first-order valence-electron chi connectivity index (χ1n) is 6.44. The molecule has 20 heavy (non-hydrogen) atoms. The normalized spacial score (nSPS) is 21.5. The van der Waals surface area contributed by atoms with Crippen LogP contribution in [0.2, 0.25) is 0 Å². The molecule has 2 rings (SSSR count). The molecule has 0 saturated carbocycles. The Kier molecular flexibility index (Phi) is 4.17. The molecule has 1 aliphatic carbocycles. The van der Waals surface area contributed by atoms with E-state index in [1.807, 2.05) is 6.08 Å². The molecule has 0 heterocycles. The monoisotopic (exact) mass is 277 g/mol. The van der Waals surface area contributed by atoms with Gasteiger partial charge in [0, 0.05) is 5.69 Å². The maximum Gasteiger partial charge on any atom is 0.307 e. The number of aliphatic carboxylic acids is 1. The first-order valence-corrected chi connectivity index (χ1v) is 6.44. The summed E-state index contributed by atoms with van der Waals surface area (Å²) in [5, 5.41) is 11.8. The van der Waals surface area contributed by atoms with Crippen LogP contribution in [0.5, 0.6) is 0 Å². The summed E-state index contributed by atoms with van der Waals surface area (Å²) in [7, 11) is 0. The molecule has 106 valence electrons. The SMILES string of the molecule is Cc1cc(F)ccc1NC(=O)[C@@H]1CC=CC[C@@H]1C(=O)O. The highest BCUT2D eigenvalue weighted by molar-refractivity contribution is 5.96. The van der Waals surface area contributed by atoms with Crippen molar-refractivity contribution in [1.82, 2.24) is 0 Å². The molecule has 5 heteroatoms. The summed E-state index contributed by atoms with van der Waals surface area (Å²) >= 11 is 0. The van der Waals surface area contributed by atoms with Gasteiger partial charge in [0.25, 0.3) is 0 Å². The predicted octanol–water partition coefficient (Wildman–Crippen LogP) is 2.74. The van der Waals surface area contributed by atoms with Crippen LogP contribution < -0.4 is 5.32 Å². The molecular formula is C15H16FNO3. The molecule has 0 bridgehead atoms. The topological polar surface area (TPSA) is 66.4 Å². The van der Waals surface area contributed by atoms with Gasteiger partial charge in [-0.05, 0) is 43.5 Å². The van der Waals surface area contributed by atoms with Gasteiger partial charge in [-0.25, -0.2) is 4.39 Å². The van der Waals surface area contributed by atoms with Crippen LogP contribution in [0.4, 0.5) is 10.1 Å². The standard InChI is InChI=1S/C15H16FNO3/c1-9-8-10(16)6-7-13(9)17-14(18)11-4-2-3-5-12(11)15(19)20/h2-3,6-8,11-12H,4-5H2,1H3,(H,17,18)(H,19,20)/t11-,12+/m1/s1. The number of rotatable bonds is 3. The molecule has 0 saturated heterocycles. The third-order valence-corrected chi connectivity index (χ3v) is 3.53. The van der Waals surface area contributed by atoms with Gasteiger partial charge >= 0.3 is 5.97 Å². The second kappa shape index (κ2) is 5.86. The Morgan fingerprint density at radius 2 is 1.90 bits per heavy atom. The highest BCUT2D eigenvalue weighted by Gasteiger charge is 2.34. The third-order valence-electron chi connectivity index (χ3n) is 3.53. The van der Waals surface area contributed by atoms with Crippen LogP contribution in [-0.2, 0) is 9.59 Å². The average Bonchev–Trinajstić information content (AvgIpc) is 2.41. The lowest BCUT2D eigenvalue weighted by atomic mass is 9.82. The Hall–Kier alpha value is -2.17. The predicted molar refractivity (Wildman–Crippen MR) is 72.8 cm³/mol. The second-order valence-corrected chi connectivity index (χ2v) is 4.94. The number of carbonyl (C=O) groups is 2. The summed E-state index contributed by atoms with van der Waals surface area (Å²) in [4.78, 5) is 23.4. The number of benzene rings is 1. The fourth-order valence-electron chi connectivity index (χ4n) is 2.37. The minimum absolute atomic E-state index is 0.337. The number of amides is 1. The number of carboxylic acids is 1. The van der Waals surface area contributed by atoms with Crippen LogP contribution in [0.1, 0.15) is 18.4 Å². The number of hydrogen-bond acceptors (Lipinski definition) is 2. The summed E-state index contributed by atoms with van der Waals surface area (Å²) in [6.45, 7) is 1.69. The van der Waals surface area contributed by atoms with Crippen LogP contribution in [-0.4, -0.2) is 17.0 Å². The number of halogens is 1. The third kappa shape index (κ3) is 3.04. The zero-order valence-electron chi connectivity index (χ0n) is 11.1. The van der Waals surface area contributed by atoms with Crippen molar-refractivity contribution >= 4 is 17.6 Å². The minimum atomic E-state index is -0.967. The molecule has 0 radical (unpaired) electrons. The van der Waals surface area contributed by atoms with E-state index < -0.39 is 17.8 Å². The van der Waals surface area contributed by atoms with Crippen LogP contribution in [0, 0.1) is 24.6 Å². The van der Waals surface area contributed by atoms with Gasteiger partial charge < -0.3 is 10.4 Å². The number of carboxylic acid groups (broad SMARTS) is 1. The van der Waals surface area contributed by atoms with Gasteiger partial charge in [-0.2, -0.15) is 0 Å². The van der Waals surface area contributed by atoms with E-state index in [0.29, 0.717) is 24.1 Å². The Morgan fingerprint density at radius 1 is 1.25 bits per heavy atom. The largest absolute Gasteiger partial charge is 0.481 e. The molecule has 0 aliphatic heterocycles. The molecule has 0 fully saturated rings. The number of anilines is 1. The molecule has 2 atom stereocenters. The van der Waals surface area contributed by atoms with E-state index in [-0.39, 0.29) is 11.7 Å². The maximum absolute atomic E-state index is 13.0. The highest BCUT2D eigenvalue weighted by atomic mass is 19.1. The highest BCUT2D eigenvalue weighted by Crippen LogP contribution is 2.27. The lowest BCUT2D eigenvalue weighted by Gasteiger charge is -2.24. The van der Waals surface area contributed by atoms with Crippen LogP contribution in [0.3, 0.4) is 0 Å². The number of hydrogen-bond donors (Lipinski definition) is 2. The van der Waals surface area contributed by atoms with E-state index in [1.165, 1.54) is 18.2 Å². The van der Waals surface area contributed by atoms with E-state index in [1.54, 1.807) is 13.0 Å². The Morgan fingerprint density at radius 3 is 2.50 bits per heavy atom. The summed E-state index contributed by atoms with van der Waals surface area (Å²) in [5.74, 6) is -2.98. The van der Waals surface area contributed by atoms with Crippen LogP contribution in [0.15, 0.2) is 30.4 Å². The summed E-state index contributed by atoms with van der Waals surface area (Å²) in [5.41, 5.74) is 1.12. The lowest BCUT2D eigenvalue weighted by Crippen LogP contribution is -2.34. The zero-order valence-corrected chi connectivity index (χ0v) is 11.1. The fourth-order valence-corrected chi connectivity index (χ4v) is 2.37. The first-order chi connectivity index (χ1) is 9.49. The van der Waals surface area contributed by atoms with Crippen molar-refractivity contribution in [2.45, 2.75) is 19.8 Å². The van der Waals surface area contributed by atoms with Crippen molar-refractivity contribution in [1.29, 1.82) is 0 Å². The molecule has 1 aliphatic rings. The van der Waals surface area contributed by atoms with Crippen molar-refractivity contribution in [2.24, 2.45) is 11.8 Å². The van der Waals surface area contributed by atoms with Crippen LogP contribution >= 0.6 is 0 Å². The molecular weight excluding hydrogens is 261 g/mol. The molecule has 1 aromatic rings. The van der Waals surface area contributed by atoms with Crippen molar-refractivity contribution in [3.63, 3.8) is 0 Å². The number of nitrogens with one attached hydrogen (secondary N) is 1. The van der Waals surface area contributed by atoms with Crippen molar-refractivity contribution in [2.75, 3.05) is 5.32 Å². The van der Waals surface area contributed by atoms with Crippen LogP contribution in [0.25, 0.3) is 0 Å². The van der Waals surface area contributed by atoms with Crippen molar-refractivity contribution in [3.8, 4) is 0 Å². The van der Waals surface area contributed by atoms with E-state index in [0.717, 1.165) is 0 Å². The second-order valence-electron chi connectivity index (χ2n) is 4.94. The maximum atomic E-state index is 13.0. The first kappa shape index (κ1) is 14.2. The van der Waals surface area contributed by atoms with Gasteiger partial charge in [-0.1, -0.05) is 12.2 Å². The number of aryl methyl sites for hydroxylation is 1. The molecule has 4 nitrogen and oxygen atoms in total.